The third kappa shape index (κ3) is 2.67. The van der Waals surface area contributed by atoms with E-state index in [0.717, 1.165) is 24.1 Å². The van der Waals surface area contributed by atoms with Gasteiger partial charge in [-0.05, 0) is 41.3 Å². The zero-order chi connectivity index (χ0) is 14.2. The van der Waals surface area contributed by atoms with Gasteiger partial charge >= 0.3 is 0 Å². The monoisotopic (exact) mass is 311 g/mol. The molecule has 2 aromatic heterocycles. The second-order valence-electron chi connectivity index (χ2n) is 4.98. The molecular weight excluding hydrogens is 294 g/mol. The summed E-state index contributed by atoms with van der Waals surface area (Å²) in [7, 11) is -3.45. The summed E-state index contributed by atoms with van der Waals surface area (Å²) < 4.78 is 27.1. The van der Waals surface area contributed by atoms with E-state index < -0.39 is 10.0 Å². The van der Waals surface area contributed by atoms with E-state index >= 15 is 0 Å². The Labute approximate surface area is 122 Å². The van der Waals surface area contributed by atoms with Crippen LogP contribution in [0.4, 0.5) is 0 Å². The Hall–Kier alpha value is -1.15. The van der Waals surface area contributed by atoms with E-state index in [4.69, 9.17) is 5.73 Å². The Morgan fingerprint density at radius 1 is 1.45 bits per heavy atom. The lowest BCUT2D eigenvalue weighted by Crippen LogP contribution is -2.32. The van der Waals surface area contributed by atoms with Crippen LogP contribution in [0.5, 0.6) is 0 Å². The van der Waals surface area contributed by atoms with Crippen LogP contribution >= 0.6 is 11.3 Å². The van der Waals surface area contributed by atoms with Crippen LogP contribution in [0.2, 0.25) is 0 Å². The highest BCUT2D eigenvalue weighted by Crippen LogP contribution is 2.33. The molecule has 0 radical (unpaired) electrons. The number of hydrogen-bond acceptors (Lipinski definition) is 4. The second-order valence-corrected chi connectivity index (χ2v) is 7.65. The molecule has 1 saturated carbocycles. The first-order valence-electron chi connectivity index (χ1n) is 6.51. The Kier molecular flexibility index (Phi) is 3.68. The highest BCUT2D eigenvalue weighted by Gasteiger charge is 2.38. The molecular formula is C13H17N3O2S2. The van der Waals surface area contributed by atoms with Gasteiger partial charge < -0.3 is 10.7 Å². The Balaban J connectivity index is 1.89. The van der Waals surface area contributed by atoms with E-state index in [-0.39, 0.29) is 6.04 Å². The number of sulfonamides is 1. The number of H-pyrrole nitrogens is 1. The zero-order valence-electron chi connectivity index (χ0n) is 11.0. The van der Waals surface area contributed by atoms with Crippen LogP contribution in [0, 0.1) is 0 Å². The lowest BCUT2D eigenvalue weighted by atomic mass is 10.3. The Bertz CT molecular complexity index is 672. The summed E-state index contributed by atoms with van der Waals surface area (Å²) in [5.41, 5.74) is 7.30. The molecule has 1 aliphatic carbocycles. The van der Waals surface area contributed by atoms with Gasteiger partial charge in [-0.15, -0.1) is 0 Å². The van der Waals surface area contributed by atoms with Crippen molar-refractivity contribution in [2.45, 2.75) is 36.9 Å². The second kappa shape index (κ2) is 5.33. The fourth-order valence-corrected chi connectivity index (χ4v) is 4.51. The molecule has 0 aromatic carbocycles. The maximum atomic E-state index is 12.7. The number of hydrogen-bond donors (Lipinski definition) is 2. The number of nitrogens with zero attached hydrogens (tertiary/aromatic N) is 1. The molecule has 3 rings (SSSR count). The number of aromatic amines is 1. The average molecular weight is 311 g/mol. The van der Waals surface area contributed by atoms with Gasteiger partial charge in [-0.25, -0.2) is 8.42 Å². The van der Waals surface area contributed by atoms with Crippen LogP contribution < -0.4 is 5.73 Å². The van der Waals surface area contributed by atoms with E-state index in [1.165, 1.54) is 6.20 Å². The molecule has 0 saturated heterocycles. The van der Waals surface area contributed by atoms with Crippen LogP contribution in [0.25, 0.3) is 0 Å². The van der Waals surface area contributed by atoms with Gasteiger partial charge in [-0.2, -0.15) is 15.6 Å². The summed E-state index contributed by atoms with van der Waals surface area (Å²) in [6, 6.07) is 3.73. The predicted molar refractivity (Wildman–Crippen MR) is 78.8 cm³/mol. The first-order valence-corrected chi connectivity index (χ1v) is 8.90. The van der Waals surface area contributed by atoms with Gasteiger partial charge in [0.05, 0.1) is 4.90 Å². The topological polar surface area (TPSA) is 79.2 Å². The van der Waals surface area contributed by atoms with E-state index in [1.54, 1.807) is 21.7 Å². The van der Waals surface area contributed by atoms with Gasteiger partial charge in [-0.3, -0.25) is 0 Å². The van der Waals surface area contributed by atoms with Crippen LogP contribution in [-0.4, -0.2) is 23.7 Å². The minimum absolute atomic E-state index is 0.135. The number of nitrogens with one attached hydrogen (secondary N) is 1. The molecule has 2 heterocycles. The van der Waals surface area contributed by atoms with Crippen molar-refractivity contribution < 1.29 is 8.42 Å². The summed E-state index contributed by atoms with van der Waals surface area (Å²) >= 11 is 1.58. The van der Waals surface area contributed by atoms with Gasteiger partial charge in [0.15, 0.2) is 0 Å². The molecule has 0 spiro atoms. The van der Waals surface area contributed by atoms with Crippen LogP contribution in [0.3, 0.4) is 0 Å². The third-order valence-corrected chi connectivity index (χ3v) is 6.02. The Morgan fingerprint density at radius 3 is 2.80 bits per heavy atom. The SMILES string of the molecule is NCc1cc(S(=O)(=O)N(Cc2ccsc2)C2CC2)c[nH]1. The normalized spacial score (nSPS) is 15.9. The van der Waals surface area contributed by atoms with Crippen LogP contribution in [0.15, 0.2) is 34.0 Å². The molecule has 2 aromatic rings. The lowest BCUT2D eigenvalue weighted by molar-refractivity contribution is 0.399. The fourth-order valence-electron chi connectivity index (χ4n) is 2.16. The molecule has 0 bridgehead atoms. The van der Waals surface area contributed by atoms with Crippen molar-refractivity contribution in [3.05, 3.63) is 40.3 Å². The molecule has 3 N–H and O–H groups in total. The van der Waals surface area contributed by atoms with Crippen molar-refractivity contribution in [1.29, 1.82) is 0 Å². The molecule has 0 atom stereocenters. The molecule has 0 unspecified atom stereocenters. The largest absolute Gasteiger partial charge is 0.363 e. The van der Waals surface area contributed by atoms with Gasteiger partial charge in [0.25, 0.3) is 0 Å². The molecule has 5 nitrogen and oxygen atoms in total. The average Bonchev–Trinajstić information content (AvgIpc) is 2.96. The van der Waals surface area contributed by atoms with Crippen molar-refractivity contribution in [2.75, 3.05) is 0 Å². The first-order chi connectivity index (χ1) is 9.61. The summed E-state index contributed by atoms with van der Waals surface area (Å²) in [6.07, 6.45) is 3.41. The smallest absolute Gasteiger partial charge is 0.245 e. The standard InChI is InChI=1S/C13H17N3O2S2/c14-6-11-5-13(7-15-11)20(17,18)16(12-1-2-12)8-10-3-4-19-9-10/h3-5,7,9,12,15H,1-2,6,8,14H2. The third-order valence-electron chi connectivity index (χ3n) is 3.42. The predicted octanol–water partition coefficient (Wildman–Crippen LogP) is 1.89. The number of aromatic nitrogens is 1. The van der Waals surface area contributed by atoms with Crippen molar-refractivity contribution in [3.63, 3.8) is 0 Å². The summed E-state index contributed by atoms with van der Waals surface area (Å²) in [6.45, 7) is 0.753. The number of nitrogens with two attached hydrogens (primary N) is 1. The highest BCUT2D eigenvalue weighted by molar-refractivity contribution is 7.89. The highest BCUT2D eigenvalue weighted by atomic mass is 32.2. The quantitative estimate of drug-likeness (QED) is 0.855. The fraction of sp³-hybridized carbons (Fsp3) is 0.385. The maximum absolute atomic E-state index is 12.7. The van der Waals surface area contributed by atoms with E-state index in [0.29, 0.717) is 18.0 Å². The van der Waals surface area contributed by atoms with Crippen molar-refractivity contribution in [2.24, 2.45) is 5.73 Å². The summed E-state index contributed by atoms with van der Waals surface area (Å²) in [4.78, 5) is 3.21. The van der Waals surface area contributed by atoms with Gasteiger partial charge in [0, 0.05) is 31.0 Å². The molecule has 20 heavy (non-hydrogen) atoms. The number of rotatable bonds is 6. The lowest BCUT2D eigenvalue weighted by Gasteiger charge is -2.20. The van der Waals surface area contributed by atoms with E-state index in [1.807, 2.05) is 16.8 Å². The summed E-state index contributed by atoms with van der Waals surface area (Å²) in [5.74, 6) is 0. The molecule has 0 aliphatic heterocycles. The molecule has 7 heteroatoms. The van der Waals surface area contributed by atoms with Crippen molar-refractivity contribution >= 4 is 21.4 Å². The van der Waals surface area contributed by atoms with Gasteiger partial charge in [0.2, 0.25) is 10.0 Å². The van der Waals surface area contributed by atoms with E-state index in [2.05, 4.69) is 4.98 Å². The van der Waals surface area contributed by atoms with Gasteiger partial charge in [-0.1, -0.05) is 0 Å². The van der Waals surface area contributed by atoms with E-state index in [9.17, 15) is 8.42 Å². The van der Waals surface area contributed by atoms with Crippen LogP contribution in [-0.2, 0) is 23.1 Å². The molecule has 0 amide bonds. The van der Waals surface area contributed by atoms with Crippen molar-refractivity contribution in [3.8, 4) is 0 Å². The first kappa shape index (κ1) is 13.8. The number of thiophene rings is 1. The van der Waals surface area contributed by atoms with Crippen molar-refractivity contribution in [1.82, 2.24) is 9.29 Å². The van der Waals surface area contributed by atoms with Gasteiger partial charge in [0.1, 0.15) is 0 Å². The van der Waals surface area contributed by atoms with Crippen LogP contribution in [0.1, 0.15) is 24.1 Å². The molecule has 1 fully saturated rings. The minimum atomic E-state index is -3.45. The molecule has 108 valence electrons. The molecule has 1 aliphatic rings. The summed E-state index contributed by atoms with van der Waals surface area (Å²) in [5, 5.41) is 3.96. The maximum Gasteiger partial charge on any atom is 0.245 e. The zero-order valence-corrected chi connectivity index (χ0v) is 12.6. The minimum Gasteiger partial charge on any atom is -0.363 e. The Morgan fingerprint density at radius 2 is 2.25 bits per heavy atom.